The fourth-order valence-electron chi connectivity index (χ4n) is 3.06. The van der Waals surface area contributed by atoms with Crippen LogP contribution < -0.4 is 10.6 Å². The zero-order valence-electron chi connectivity index (χ0n) is 21.6. The van der Waals surface area contributed by atoms with Gasteiger partial charge in [0.25, 0.3) is 11.8 Å². The number of nitrogens with one attached hydrogen (secondary N) is 2. The molecule has 0 saturated heterocycles. The smallest absolute Gasteiger partial charge is 0.335 e. The fourth-order valence-corrected chi connectivity index (χ4v) is 3.06. The fraction of sp³-hybridized carbons (Fsp3) is 0.600. The molecule has 2 unspecified atom stereocenters. The second-order valence-corrected chi connectivity index (χ2v) is 9.25. The first-order valence-electron chi connectivity index (χ1n) is 11.5. The Balaban J connectivity index is 5.17. The summed E-state index contributed by atoms with van der Waals surface area (Å²) in [5.74, 6) is -4.35. The van der Waals surface area contributed by atoms with Crippen molar-refractivity contribution in [2.75, 3.05) is 13.2 Å². The molecule has 0 rings (SSSR count). The molecule has 0 aliphatic heterocycles. The summed E-state index contributed by atoms with van der Waals surface area (Å²) in [5.41, 5.74) is -0.522. The van der Waals surface area contributed by atoms with Crippen LogP contribution in [0.25, 0.3) is 0 Å². The van der Waals surface area contributed by atoms with E-state index in [4.69, 9.17) is 9.47 Å². The van der Waals surface area contributed by atoms with Crippen LogP contribution in [-0.4, -0.2) is 54.7 Å². The van der Waals surface area contributed by atoms with Crippen molar-refractivity contribution in [3.05, 3.63) is 24.3 Å². The topological polar surface area (TPSA) is 145 Å². The van der Waals surface area contributed by atoms with E-state index in [1.54, 1.807) is 20.8 Å². The van der Waals surface area contributed by atoms with E-state index in [0.717, 1.165) is 0 Å². The predicted molar refractivity (Wildman–Crippen MR) is 129 cm³/mol. The second kappa shape index (κ2) is 14.9. The molecule has 2 N–H and O–H groups in total. The molecule has 0 spiro atoms. The molecule has 2 amide bonds. The first kappa shape index (κ1) is 31.7. The van der Waals surface area contributed by atoms with Crippen molar-refractivity contribution in [3.8, 4) is 0 Å². The van der Waals surface area contributed by atoms with Gasteiger partial charge in [0, 0.05) is 29.5 Å². The van der Waals surface area contributed by atoms with E-state index in [1.807, 2.05) is 6.92 Å². The average Bonchev–Trinajstić information content (AvgIpc) is 2.76. The number of hydrogen-bond donors (Lipinski definition) is 2. The van der Waals surface area contributed by atoms with Crippen LogP contribution in [0.15, 0.2) is 24.3 Å². The monoisotopic (exact) mass is 494 g/mol. The predicted octanol–water partition coefficient (Wildman–Crippen LogP) is 2.16. The van der Waals surface area contributed by atoms with Gasteiger partial charge in [-0.3, -0.25) is 19.2 Å². The third-order valence-electron chi connectivity index (χ3n) is 5.08. The molecule has 0 heterocycles. The van der Waals surface area contributed by atoms with E-state index >= 15 is 0 Å². The highest BCUT2D eigenvalue weighted by Crippen LogP contribution is 2.32. The zero-order valence-corrected chi connectivity index (χ0v) is 21.6. The SMILES string of the molecule is C=C(C)C(=O)OCCC(=O)C(=O)NC(OC(=O)C(=C)C)C(C)(C)CC(C)CCNC(=O)C(=O)CC. The molecule has 0 aliphatic rings. The van der Waals surface area contributed by atoms with Crippen LogP contribution in [0.2, 0.25) is 0 Å². The summed E-state index contributed by atoms with van der Waals surface area (Å²) in [6.07, 6.45) is -0.393. The summed E-state index contributed by atoms with van der Waals surface area (Å²) in [4.78, 5) is 71.3. The number of rotatable bonds is 16. The van der Waals surface area contributed by atoms with Gasteiger partial charge in [0.2, 0.25) is 11.6 Å². The molecule has 10 heteroatoms. The molecule has 0 saturated carbocycles. The standard InChI is InChI=1S/C25H38N2O8/c1-9-18(28)20(30)26-12-10-17(6)14-25(7,8)24(35-23(33)16(4)5)27-21(31)19(29)11-13-34-22(32)15(2)3/h17,24H,2,4,9-14H2,1,3,5-8H3,(H,26,30)(H,27,31). The van der Waals surface area contributed by atoms with Crippen molar-refractivity contribution in [2.24, 2.45) is 11.3 Å². The van der Waals surface area contributed by atoms with Crippen LogP contribution in [0, 0.1) is 11.3 Å². The minimum Gasteiger partial charge on any atom is -0.462 e. The van der Waals surface area contributed by atoms with E-state index < -0.39 is 47.0 Å². The lowest BCUT2D eigenvalue weighted by Gasteiger charge is -2.36. The Morgan fingerprint density at radius 1 is 0.914 bits per heavy atom. The Morgan fingerprint density at radius 2 is 1.49 bits per heavy atom. The number of carbonyl (C=O) groups excluding carboxylic acids is 6. The Morgan fingerprint density at radius 3 is 2.00 bits per heavy atom. The van der Waals surface area contributed by atoms with Gasteiger partial charge in [0.15, 0.2) is 6.23 Å². The van der Waals surface area contributed by atoms with Crippen LogP contribution >= 0.6 is 0 Å². The van der Waals surface area contributed by atoms with E-state index in [-0.39, 0.29) is 43.1 Å². The number of ketones is 2. The Labute approximate surface area is 206 Å². The number of carbonyl (C=O) groups is 6. The summed E-state index contributed by atoms with van der Waals surface area (Å²) in [5, 5.41) is 5.03. The molecule has 10 nitrogen and oxygen atoms in total. The maximum Gasteiger partial charge on any atom is 0.335 e. The lowest BCUT2D eigenvalue weighted by atomic mass is 9.80. The summed E-state index contributed by atoms with van der Waals surface area (Å²) >= 11 is 0. The van der Waals surface area contributed by atoms with Crippen LogP contribution in [0.3, 0.4) is 0 Å². The van der Waals surface area contributed by atoms with E-state index in [9.17, 15) is 28.8 Å². The van der Waals surface area contributed by atoms with Crippen molar-refractivity contribution >= 4 is 35.3 Å². The molecule has 196 valence electrons. The molecule has 0 radical (unpaired) electrons. The zero-order chi connectivity index (χ0) is 27.3. The summed E-state index contributed by atoms with van der Waals surface area (Å²) < 4.78 is 10.3. The number of esters is 2. The van der Waals surface area contributed by atoms with Gasteiger partial charge in [0.1, 0.15) is 0 Å². The first-order valence-corrected chi connectivity index (χ1v) is 11.5. The Bertz CT molecular complexity index is 860. The summed E-state index contributed by atoms with van der Waals surface area (Å²) in [6, 6.07) is 0. The molecule has 0 aromatic carbocycles. The van der Waals surface area contributed by atoms with Gasteiger partial charge >= 0.3 is 11.9 Å². The lowest BCUT2D eigenvalue weighted by Crippen LogP contribution is -2.50. The van der Waals surface area contributed by atoms with Crippen LogP contribution in [0.5, 0.6) is 0 Å². The molecule has 35 heavy (non-hydrogen) atoms. The molecule has 0 bridgehead atoms. The Kier molecular flexibility index (Phi) is 13.5. The minimum atomic E-state index is -1.15. The summed E-state index contributed by atoms with van der Waals surface area (Å²) in [7, 11) is 0. The van der Waals surface area contributed by atoms with Crippen LogP contribution in [0.1, 0.15) is 67.2 Å². The highest BCUT2D eigenvalue weighted by Gasteiger charge is 2.36. The molecular weight excluding hydrogens is 456 g/mol. The van der Waals surface area contributed by atoms with Gasteiger partial charge < -0.3 is 20.1 Å². The molecule has 2 atom stereocenters. The van der Waals surface area contributed by atoms with Gasteiger partial charge in [-0.25, -0.2) is 9.59 Å². The minimum absolute atomic E-state index is 0.00205. The van der Waals surface area contributed by atoms with E-state index in [0.29, 0.717) is 12.8 Å². The van der Waals surface area contributed by atoms with Gasteiger partial charge in [0.05, 0.1) is 13.0 Å². The van der Waals surface area contributed by atoms with E-state index in [1.165, 1.54) is 13.8 Å². The second-order valence-electron chi connectivity index (χ2n) is 9.25. The van der Waals surface area contributed by atoms with Gasteiger partial charge in [-0.1, -0.05) is 40.9 Å². The maximum atomic E-state index is 12.5. The number of hydrogen-bond acceptors (Lipinski definition) is 8. The van der Waals surface area contributed by atoms with Crippen molar-refractivity contribution in [1.82, 2.24) is 10.6 Å². The highest BCUT2D eigenvalue weighted by atomic mass is 16.6. The third kappa shape index (κ3) is 12.1. The van der Waals surface area contributed by atoms with Crippen LogP contribution in [0.4, 0.5) is 0 Å². The van der Waals surface area contributed by atoms with Gasteiger partial charge in [-0.05, 0) is 32.6 Å². The lowest BCUT2D eigenvalue weighted by molar-refractivity contribution is -0.158. The normalized spacial score (nSPS) is 12.5. The van der Waals surface area contributed by atoms with E-state index in [2.05, 4.69) is 23.8 Å². The number of amides is 2. The maximum absolute atomic E-state index is 12.5. The third-order valence-corrected chi connectivity index (χ3v) is 5.08. The van der Waals surface area contributed by atoms with Gasteiger partial charge in [-0.2, -0.15) is 0 Å². The highest BCUT2D eigenvalue weighted by molar-refractivity contribution is 6.36. The largest absolute Gasteiger partial charge is 0.462 e. The molecule has 0 aliphatic carbocycles. The quantitative estimate of drug-likeness (QED) is 0.144. The average molecular weight is 495 g/mol. The van der Waals surface area contributed by atoms with Crippen molar-refractivity contribution < 1.29 is 38.2 Å². The molecular formula is C25H38N2O8. The Hall–Kier alpha value is -3.30. The number of Topliss-reactive ketones (excluding diaryl/α,β-unsaturated/α-hetero) is 2. The van der Waals surface area contributed by atoms with Crippen LogP contribution in [-0.2, 0) is 38.2 Å². The van der Waals surface area contributed by atoms with Crippen molar-refractivity contribution in [1.29, 1.82) is 0 Å². The van der Waals surface area contributed by atoms with Gasteiger partial charge in [-0.15, -0.1) is 0 Å². The van der Waals surface area contributed by atoms with Crippen molar-refractivity contribution in [2.45, 2.75) is 73.5 Å². The molecule has 0 aromatic heterocycles. The number of ether oxygens (including phenoxy) is 2. The first-order chi connectivity index (χ1) is 16.1. The molecule has 0 aromatic rings. The molecule has 0 fully saturated rings. The van der Waals surface area contributed by atoms with Crippen molar-refractivity contribution in [3.63, 3.8) is 0 Å². The summed E-state index contributed by atoms with van der Waals surface area (Å²) in [6.45, 7) is 16.9.